The molecule has 0 saturated heterocycles. The summed E-state index contributed by atoms with van der Waals surface area (Å²) in [5, 5.41) is 13.5. The average Bonchev–Trinajstić information content (AvgIpc) is 3.33. The van der Waals surface area contributed by atoms with Gasteiger partial charge in [0.15, 0.2) is 11.0 Å². The number of hydrogen-bond acceptors (Lipinski definition) is 5. The molecule has 2 aromatic heterocycles. The summed E-state index contributed by atoms with van der Waals surface area (Å²) in [6.07, 6.45) is 0. The van der Waals surface area contributed by atoms with E-state index in [1.54, 1.807) is 23.1 Å². The van der Waals surface area contributed by atoms with E-state index in [1.165, 1.54) is 11.1 Å². The molecular weight excluding hydrogens is 408 g/mol. The van der Waals surface area contributed by atoms with Crippen LogP contribution in [-0.4, -0.2) is 19.7 Å². The quantitative estimate of drug-likeness (QED) is 0.337. The number of nitrogens with zero attached hydrogens (tertiary/aromatic N) is 4. The molecule has 0 aliphatic carbocycles. The van der Waals surface area contributed by atoms with Crippen LogP contribution in [0, 0.1) is 6.92 Å². The Morgan fingerprint density at radius 1 is 1.07 bits per heavy atom. The fourth-order valence-electron chi connectivity index (χ4n) is 2.94. The van der Waals surface area contributed by atoms with E-state index >= 15 is 0 Å². The van der Waals surface area contributed by atoms with Crippen LogP contribution in [0.15, 0.2) is 59.1 Å². The van der Waals surface area contributed by atoms with Crippen molar-refractivity contribution in [1.82, 2.24) is 19.7 Å². The zero-order valence-corrected chi connectivity index (χ0v) is 18.0. The highest BCUT2D eigenvalue weighted by molar-refractivity contribution is 7.98. The molecule has 0 spiro atoms. The lowest BCUT2D eigenvalue weighted by molar-refractivity contribution is 0.687. The monoisotopic (exact) mass is 426 g/mol. The molecule has 0 atom stereocenters. The number of halogens is 1. The molecule has 0 aliphatic rings. The van der Waals surface area contributed by atoms with Gasteiger partial charge in [0.1, 0.15) is 5.01 Å². The fourth-order valence-corrected chi connectivity index (χ4v) is 4.95. The van der Waals surface area contributed by atoms with Gasteiger partial charge in [0.25, 0.3) is 0 Å². The smallest absolute Gasteiger partial charge is 0.191 e. The third-order valence-corrected chi connectivity index (χ3v) is 6.46. The van der Waals surface area contributed by atoms with E-state index in [2.05, 4.69) is 58.3 Å². The second kappa shape index (κ2) is 8.47. The minimum atomic E-state index is 0.698. The second-order valence-electron chi connectivity index (χ2n) is 6.36. The number of hydrogen-bond donors (Lipinski definition) is 0. The summed E-state index contributed by atoms with van der Waals surface area (Å²) in [6.45, 7) is 4.99. The van der Waals surface area contributed by atoms with Gasteiger partial charge in [-0.15, -0.1) is 21.5 Å². The summed E-state index contributed by atoms with van der Waals surface area (Å²) >= 11 is 9.47. The highest BCUT2D eigenvalue weighted by Gasteiger charge is 2.14. The Balaban J connectivity index is 1.51. The number of aryl methyl sites for hydroxylation is 1. The van der Waals surface area contributed by atoms with Crippen molar-refractivity contribution in [2.75, 3.05) is 0 Å². The third kappa shape index (κ3) is 4.14. The van der Waals surface area contributed by atoms with Gasteiger partial charge in [0.2, 0.25) is 0 Å². The molecule has 4 rings (SSSR count). The molecule has 0 bridgehead atoms. The van der Waals surface area contributed by atoms with Crippen molar-refractivity contribution in [2.24, 2.45) is 0 Å². The van der Waals surface area contributed by atoms with Crippen LogP contribution in [0.3, 0.4) is 0 Å². The van der Waals surface area contributed by atoms with Gasteiger partial charge in [-0.1, -0.05) is 59.3 Å². The van der Waals surface area contributed by atoms with Crippen LogP contribution in [0.1, 0.15) is 18.2 Å². The third-order valence-electron chi connectivity index (χ3n) is 4.28. The SMILES string of the molecule is CCn1c(SCc2csc(-c3cccc(C)c3)n2)nnc1-c1cccc(Cl)c1. The Bertz CT molecular complexity index is 1100. The molecule has 7 heteroatoms. The van der Waals surface area contributed by atoms with E-state index in [0.717, 1.165) is 39.5 Å². The molecule has 0 saturated carbocycles. The van der Waals surface area contributed by atoms with Crippen LogP contribution in [0.5, 0.6) is 0 Å². The summed E-state index contributed by atoms with van der Waals surface area (Å²) in [5.74, 6) is 1.60. The topological polar surface area (TPSA) is 43.6 Å². The van der Waals surface area contributed by atoms with Gasteiger partial charge in [0, 0.05) is 33.8 Å². The number of thioether (sulfide) groups is 1. The molecule has 0 N–H and O–H groups in total. The normalized spacial score (nSPS) is 11.1. The molecule has 142 valence electrons. The van der Waals surface area contributed by atoms with Crippen LogP contribution in [-0.2, 0) is 12.3 Å². The first kappa shape index (κ1) is 19.2. The van der Waals surface area contributed by atoms with E-state index in [4.69, 9.17) is 16.6 Å². The van der Waals surface area contributed by atoms with Crippen molar-refractivity contribution in [3.8, 4) is 22.0 Å². The number of benzene rings is 2. The van der Waals surface area contributed by atoms with Gasteiger partial charge in [-0.05, 0) is 32.0 Å². The lowest BCUT2D eigenvalue weighted by atomic mass is 10.1. The predicted molar refractivity (Wildman–Crippen MR) is 118 cm³/mol. The van der Waals surface area contributed by atoms with E-state index in [0.29, 0.717) is 5.02 Å². The molecule has 2 heterocycles. The summed E-state index contributed by atoms with van der Waals surface area (Å²) in [7, 11) is 0. The van der Waals surface area contributed by atoms with Crippen molar-refractivity contribution >= 4 is 34.7 Å². The lowest BCUT2D eigenvalue weighted by Crippen LogP contribution is -2.00. The van der Waals surface area contributed by atoms with Gasteiger partial charge in [-0.25, -0.2) is 4.98 Å². The second-order valence-corrected chi connectivity index (χ2v) is 8.60. The first-order valence-electron chi connectivity index (χ1n) is 8.97. The van der Waals surface area contributed by atoms with E-state index < -0.39 is 0 Å². The molecule has 0 amide bonds. The van der Waals surface area contributed by atoms with Crippen molar-refractivity contribution in [2.45, 2.75) is 31.3 Å². The van der Waals surface area contributed by atoms with E-state index in [1.807, 2.05) is 24.3 Å². The van der Waals surface area contributed by atoms with Crippen molar-refractivity contribution < 1.29 is 0 Å². The van der Waals surface area contributed by atoms with Gasteiger partial charge in [0.05, 0.1) is 5.69 Å². The van der Waals surface area contributed by atoms with Crippen LogP contribution < -0.4 is 0 Å². The minimum Gasteiger partial charge on any atom is -0.302 e. The fraction of sp³-hybridized carbons (Fsp3) is 0.190. The average molecular weight is 427 g/mol. The Morgan fingerprint density at radius 3 is 2.68 bits per heavy atom. The highest BCUT2D eigenvalue weighted by Crippen LogP contribution is 2.30. The first-order chi connectivity index (χ1) is 13.6. The molecule has 4 nitrogen and oxygen atoms in total. The van der Waals surface area contributed by atoms with E-state index in [-0.39, 0.29) is 0 Å². The minimum absolute atomic E-state index is 0.698. The Hall–Kier alpha value is -2.15. The molecular formula is C21H19ClN4S2. The van der Waals surface area contributed by atoms with E-state index in [9.17, 15) is 0 Å². The predicted octanol–water partition coefficient (Wildman–Crippen LogP) is 6.34. The zero-order chi connectivity index (χ0) is 19.5. The van der Waals surface area contributed by atoms with Gasteiger partial charge in [-0.2, -0.15) is 0 Å². The van der Waals surface area contributed by atoms with Crippen molar-refractivity contribution in [3.05, 3.63) is 70.2 Å². The number of rotatable bonds is 6. The summed E-state index contributed by atoms with van der Waals surface area (Å²) < 4.78 is 2.12. The number of aromatic nitrogens is 4. The Kier molecular flexibility index (Phi) is 5.80. The van der Waals surface area contributed by atoms with Crippen LogP contribution in [0.25, 0.3) is 22.0 Å². The summed E-state index contributed by atoms with van der Waals surface area (Å²) in [5.41, 5.74) is 4.44. The lowest BCUT2D eigenvalue weighted by Gasteiger charge is -2.07. The molecule has 2 aromatic carbocycles. The van der Waals surface area contributed by atoms with Gasteiger partial charge in [-0.3, -0.25) is 0 Å². The standard InChI is InChI=1S/C21H19ClN4S2/c1-3-26-19(15-7-5-9-17(22)11-15)24-25-21(26)28-13-18-12-27-20(23-18)16-8-4-6-14(2)10-16/h4-12H,3,13H2,1-2H3. The Labute approximate surface area is 177 Å². The molecule has 0 radical (unpaired) electrons. The van der Waals surface area contributed by atoms with Crippen molar-refractivity contribution in [3.63, 3.8) is 0 Å². The first-order valence-corrected chi connectivity index (χ1v) is 11.2. The molecule has 0 aliphatic heterocycles. The molecule has 0 unspecified atom stereocenters. The summed E-state index contributed by atoms with van der Waals surface area (Å²) in [4.78, 5) is 4.79. The maximum Gasteiger partial charge on any atom is 0.191 e. The number of thiazole rings is 1. The van der Waals surface area contributed by atoms with Crippen LogP contribution in [0.4, 0.5) is 0 Å². The van der Waals surface area contributed by atoms with Gasteiger partial charge < -0.3 is 4.57 Å². The largest absolute Gasteiger partial charge is 0.302 e. The molecule has 28 heavy (non-hydrogen) atoms. The zero-order valence-electron chi connectivity index (χ0n) is 15.6. The van der Waals surface area contributed by atoms with Crippen molar-refractivity contribution in [1.29, 1.82) is 0 Å². The van der Waals surface area contributed by atoms with Gasteiger partial charge >= 0.3 is 0 Å². The highest BCUT2D eigenvalue weighted by atomic mass is 35.5. The maximum atomic E-state index is 6.13. The van der Waals surface area contributed by atoms with Crippen LogP contribution in [0.2, 0.25) is 5.02 Å². The maximum absolute atomic E-state index is 6.13. The molecule has 4 aromatic rings. The summed E-state index contributed by atoms with van der Waals surface area (Å²) in [6, 6.07) is 16.2. The Morgan fingerprint density at radius 2 is 1.89 bits per heavy atom. The van der Waals surface area contributed by atoms with Crippen LogP contribution >= 0.6 is 34.7 Å². The molecule has 0 fully saturated rings.